The Morgan fingerprint density at radius 3 is 2.72 bits per heavy atom. The second-order valence-corrected chi connectivity index (χ2v) is 5.19. The number of hydrogen-bond acceptors (Lipinski definition) is 3. The van der Waals surface area contributed by atoms with Crippen molar-refractivity contribution in [1.82, 2.24) is 10.2 Å². The van der Waals surface area contributed by atoms with E-state index in [0.29, 0.717) is 25.8 Å². The Morgan fingerprint density at radius 2 is 2.11 bits per heavy atom. The van der Waals surface area contributed by atoms with Crippen LogP contribution in [-0.2, 0) is 9.59 Å². The molecule has 0 radical (unpaired) electrons. The summed E-state index contributed by atoms with van der Waals surface area (Å²) in [5.74, 6) is 0.162. The first-order valence-corrected chi connectivity index (χ1v) is 6.83. The zero-order valence-corrected chi connectivity index (χ0v) is 11.4. The molecule has 0 aromatic carbocycles. The fourth-order valence-electron chi connectivity index (χ4n) is 2.35. The molecule has 5 heteroatoms. The lowest BCUT2D eigenvalue weighted by molar-refractivity contribution is -0.132. The first kappa shape index (κ1) is 15.0. The van der Waals surface area contributed by atoms with E-state index < -0.39 is 0 Å². The van der Waals surface area contributed by atoms with E-state index in [4.69, 9.17) is 5.73 Å². The second kappa shape index (κ2) is 7.36. The monoisotopic (exact) mass is 255 g/mol. The Bertz CT molecular complexity index is 292. The molecule has 5 nitrogen and oxygen atoms in total. The number of amides is 2. The average Bonchev–Trinajstić information content (AvgIpc) is 2.75. The van der Waals surface area contributed by atoms with Crippen molar-refractivity contribution < 1.29 is 9.59 Å². The van der Waals surface area contributed by atoms with Gasteiger partial charge in [-0.25, -0.2) is 0 Å². The van der Waals surface area contributed by atoms with E-state index in [9.17, 15) is 9.59 Å². The number of likely N-dealkylation sites (tertiary alicyclic amines) is 1. The molecule has 1 fully saturated rings. The van der Waals surface area contributed by atoms with Crippen molar-refractivity contribution in [2.24, 2.45) is 5.73 Å². The Hall–Kier alpha value is -1.10. The Morgan fingerprint density at radius 1 is 1.39 bits per heavy atom. The van der Waals surface area contributed by atoms with Gasteiger partial charge >= 0.3 is 0 Å². The van der Waals surface area contributed by atoms with Gasteiger partial charge in [-0.15, -0.1) is 0 Å². The van der Waals surface area contributed by atoms with Crippen molar-refractivity contribution >= 4 is 11.8 Å². The topological polar surface area (TPSA) is 75.4 Å². The minimum Gasteiger partial charge on any atom is -0.354 e. The summed E-state index contributed by atoms with van der Waals surface area (Å²) >= 11 is 0. The Labute approximate surface area is 109 Å². The van der Waals surface area contributed by atoms with Crippen molar-refractivity contribution in [3.8, 4) is 0 Å². The third kappa shape index (κ3) is 4.64. The normalized spacial score (nSPS) is 19.3. The molecule has 18 heavy (non-hydrogen) atoms. The van der Waals surface area contributed by atoms with Crippen LogP contribution in [-0.4, -0.2) is 41.9 Å². The maximum absolute atomic E-state index is 12.0. The van der Waals surface area contributed by atoms with Crippen molar-refractivity contribution in [2.45, 2.75) is 58.0 Å². The third-order valence-corrected chi connectivity index (χ3v) is 3.21. The number of nitrogens with two attached hydrogens (primary N) is 1. The molecule has 0 spiro atoms. The van der Waals surface area contributed by atoms with Crippen LogP contribution in [0.25, 0.3) is 0 Å². The van der Waals surface area contributed by atoms with Crippen LogP contribution < -0.4 is 11.1 Å². The molecule has 2 amide bonds. The highest BCUT2D eigenvalue weighted by Gasteiger charge is 2.26. The van der Waals surface area contributed by atoms with Crippen molar-refractivity contribution in [1.29, 1.82) is 0 Å². The molecule has 1 aliphatic rings. The molecule has 1 rings (SSSR count). The lowest BCUT2D eigenvalue weighted by Crippen LogP contribution is -2.39. The molecular weight excluding hydrogens is 230 g/mol. The summed E-state index contributed by atoms with van der Waals surface area (Å²) in [6.07, 6.45) is 3.54. The van der Waals surface area contributed by atoms with Crippen LogP contribution in [0.2, 0.25) is 0 Å². The van der Waals surface area contributed by atoms with E-state index in [2.05, 4.69) is 5.32 Å². The molecule has 1 atom stereocenters. The largest absolute Gasteiger partial charge is 0.354 e. The van der Waals surface area contributed by atoms with E-state index in [-0.39, 0.29) is 23.9 Å². The van der Waals surface area contributed by atoms with E-state index in [1.165, 1.54) is 0 Å². The molecule has 0 saturated carbocycles. The van der Waals surface area contributed by atoms with Crippen LogP contribution in [0.15, 0.2) is 0 Å². The summed E-state index contributed by atoms with van der Waals surface area (Å²) in [5.41, 5.74) is 5.64. The number of carbonyl (C=O) groups is 2. The van der Waals surface area contributed by atoms with Crippen molar-refractivity contribution in [3.63, 3.8) is 0 Å². The first-order valence-electron chi connectivity index (χ1n) is 6.83. The summed E-state index contributed by atoms with van der Waals surface area (Å²) in [7, 11) is 0. The smallest absolute Gasteiger partial charge is 0.222 e. The standard InChI is InChI=1S/C13H25N3O2/c1-10(2)15-12(17)6-3-7-13(18)16-8-4-5-11(16)9-14/h10-11H,3-9,14H2,1-2H3,(H,15,17). The van der Waals surface area contributed by atoms with Crippen LogP contribution >= 0.6 is 0 Å². The fraction of sp³-hybridized carbons (Fsp3) is 0.846. The number of hydrogen-bond donors (Lipinski definition) is 2. The number of carbonyl (C=O) groups excluding carboxylic acids is 2. The lowest BCUT2D eigenvalue weighted by atomic mass is 10.2. The molecule has 1 aliphatic heterocycles. The zero-order valence-electron chi connectivity index (χ0n) is 11.4. The Kier molecular flexibility index (Phi) is 6.12. The lowest BCUT2D eigenvalue weighted by Gasteiger charge is -2.23. The average molecular weight is 255 g/mol. The van der Waals surface area contributed by atoms with Gasteiger partial charge in [0.05, 0.1) is 0 Å². The van der Waals surface area contributed by atoms with Crippen molar-refractivity contribution in [3.05, 3.63) is 0 Å². The molecule has 0 aromatic heterocycles. The molecule has 104 valence electrons. The summed E-state index contributed by atoms with van der Waals surface area (Å²) in [4.78, 5) is 25.3. The summed E-state index contributed by atoms with van der Waals surface area (Å²) < 4.78 is 0. The summed E-state index contributed by atoms with van der Waals surface area (Å²) in [6.45, 7) is 5.22. The van der Waals surface area contributed by atoms with Crippen LogP contribution in [0.4, 0.5) is 0 Å². The number of nitrogens with zero attached hydrogens (tertiary/aromatic N) is 1. The molecule has 0 aliphatic carbocycles. The molecule has 1 saturated heterocycles. The minimum absolute atomic E-state index is 0.0228. The highest BCUT2D eigenvalue weighted by atomic mass is 16.2. The van der Waals surface area contributed by atoms with Crippen LogP contribution in [0.1, 0.15) is 46.0 Å². The zero-order chi connectivity index (χ0) is 13.5. The first-order chi connectivity index (χ1) is 8.54. The second-order valence-electron chi connectivity index (χ2n) is 5.19. The molecule has 3 N–H and O–H groups in total. The predicted molar refractivity (Wildman–Crippen MR) is 70.9 cm³/mol. The molecule has 0 aromatic rings. The van der Waals surface area contributed by atoms with E-state index in [1.807, 2.05) is 18.7 Å². The highest BCUT2D eigenvalue weighted by Crippen LogP contribution is 2.17. The van der Waals surface area contributed by atoms with Gasteiger partial charge < -0.3 is 16.0 Å². The van der Waals surface area contributed by atoms with Crippen LogP contribution in [0.3, 0.4) is 0 Å². The quantitative estimate of drug-likeness (QED) is 0.731. The number of rotatable bonds is 6. The maximum atomic E-state index is 12.0. The molecular formula is C13H25N3O2. The van der Waals surface area contributed by atoms with Crippen molar-refractivity contribution in [2.75, 3.05) is 13.1 Å². The van der Waals surface area contributed by atoms with Gasteiger partial charge in [0.15, 0.2) is 0 Å². The molecule has 1 heterocycles. The van der Waals surface area contributed by atoms with Gasteiger partial charge in [0.25, 0.3) is 0 Å². The van der Waals surface area contributed by atoms with E-state index >= 15 is 0 Å². The predicted octanol–water partition coefficient (Wildman–Crippen LogP) is 0.631. The van der Waals surface area contributed by atoms with E-state index in [0.717, 1.165) is 19.4 Å². The van der Waals surface area contributed by atoms with Gasteiger partial charge in [0.2, 0.25) is 11.8 Å². The summed E-state index contributed by atoms with van der Waals surface area (Å²) in [6, 6.07) is 0.371. The van der Waals surface area contributed by atoms with Crippen LogP contribution in [0.5, 0.6) is 0 Å². The maximum Gasteiger partial charge on any atom is 0.222 e. The van der Waals surface area contributed by atoms with Gasteiger partial charge in [0.1, 0.15) is 0 Å². The van der Waals surface area contributed by atoms with Gasteiger partial charge in [-0.05, 0) is 33.1 Å². The van der Waals surface area contributed by atoms with Gasteiger partial charge in [-0.3, -0.25) is 9.59 Å². The third-order valence-electron chi connectivity index (χ3n) is 3.21. The van der Waals surface area contributed by atoms with Gasteiger partial charge in [0, 0.05) is 38.0 Å². The summed E-state index contributed by atoms with van der Waals surface area (Å²) in [5, 5.41) is 2.82. The molecule has 0 bridgehead atoms. The highest BCUT2D eigenvalue weighted by molar-refractivity contribution is 5.79. The fourth-order valence-corrected chi connectivity index (χ4v) is 2.35. The SMILES string of the molecule is CC(C)NC(=O)CCCC(=O)N1CCCC1CN. The van der Waals surface area contributed by atoms with E-state index in [1.54, 1.807) is 0 Å². The van der Waals surface area contributed by atoms with Gasteiger partial charge in [-0.2, -0.15) is 0 Å². The Balaban J connectivity index is 2.23. The minimum atomic E-state index is 0.0228. The van der Waals surface area contributed by atoms with Gasteiger partial charge in [-0.1, -0.05) is 0 Å². The molecule has 1 unspecified atom stereocenters. The van der Waals surface area contributed by atoms with Crippen LogP contribution in [0, 0.1) is 0 Å². The number of nitrogens with one attached hydrogen (secondary N) is 1.